The first-order valence-electron chi connectivity index (χ1n) is 5.66. The van der Waals surface area contributed by atoms with Gasteiger partial charge in [0.1, 0.15) is 4.34 Å². The van der Waals surface area contributed by atoms with Gasteiger partial charge in [0.25, 0.3) is 0 Å². The second-order valence-electron chi connectivity index (χ2n) is 3.93. The Balaban J connectivity index is 2.44. The normalized spacial score (nSPS) is 12.7. The summed E-state index contributed by atoms with van der Waals surface area (Å²) in [6.45, 7) is 2.89. The molecule has 0 saturated carbocycles. The zero-order valence-electron chi connectivity index (χ0n) is 10.0. The van der Waals surface area contributed by atoms with E-state index in [2.05, 4.69) is 28.2 Å². The maximum absolute atomic E-state index is 6.29. The Kier molecular flexibility index (Phi) is 5.58. The molecule has 2 aromatic rings. The minimum atomic E-state index is 0.0172. The van der Waals surface area contributed by atoms with Crippen LogP contribution in [-0.2, 0) is 0 Å². The molecule has 2 rings (SSSR count). The molecule has 1 nitrogen and oxygen atoms in total. The van der Waals surface area contributed by atoms with Crippen molar-refractivity contribution in [3.63, 3.8) is 0 Å². The van der Waals surface area contributed by atoms with Crippen molar-refractivity contribution in [3.8, 4) is 0 Å². The van der Waals surface area contributed by atoms with Gasteiger partial charge in [-0.2, -0.15) is 0 Å². The molecule has 0 aliphatic carbocycles. The van der Waals surface area contributed by atoms with Crippen LogP contribution in [-0.4, -0.2) is 6.54 Å². The molecule has 0 bridgehead atoms. The van der Waals surface area contributed by atoms with Gasteiger partial charge in [0.05, 0.1) is 6.04 Å². The fourth-order valence-corrected chi connectivity index (χ4v) is 4.16. The molecule has 0 amide bonds. The van der Waals surface area contributed by atoms with Crippen molar-refractivity contribution in [2.75, 3.05) is 6.54 Å². The number of halogens is 4. The number of hydrogen-bond donors (Lipinski definition) is 1. The second-order valence-corrected chi connectivity index (χ2v) is 7.31. The van der Waals surface area contributed by atoms with Gasteiger partial charge in [0.2, 0.25) is 0 Å². The molecule has 102 valence electrons. The zero-order chi connectivity index (χ0) is 14.0. The third-order valence-corrected chi connectivity index (χ3v) is 5.73. The summed E-state index contributed by atoms with van der Waals surface area (Å²) < 4.78 is 1.64. The molecule has 0 fully saturated rings. The standard InChI is InChI=1S/C13H11BrCl3NS/c1-2-18-12(11-6-9(14)13(17)19-11)8-4-3-7(15)5-10(8)16/h3-6,12,18H,2H2,1H3. The van der Waals surface area contributed by atoms with Gasteiger partial charge in [-0.15, -0.1) is 11.3 Å². The summed E-state index contributed by atoms with van der Waals surface area (Å²) in [5.41, 5.74) is 0.998. The summed E-state index contributed by atoms with van der Waals surface area (Å²) in [4.78, 5) is 1.11. The van der Waals surface area contributed by atoms with Crippen LogP contribution in [0.5, 0.6) is 0 Å². The molecule has 0 spiro atoms. The molecular formula is C13H11BrCl3NS. The average Bonchev–Trinajstić information content (AvgIpc) is 2.67. The van der Waals surface area contributed by atoms with Gasteiger partial charge in [0, 0.05) is 19.4 Å². The van der Waals surface area contributed by atoms with Gasteiger partial charge in [-0.3, -0.25) is 0 Å². The lowest BCUT2D eigenvalue weighted by Gasteiger charge is -2.18. The monoisotopic (exact) mass is 397 g/mol. The van der Waals surface area contributed by atoms with Crippen molar-refractivity contribution in [2.24, 2.45) is 0 Å². The van der Waals surface area contributed by atoms with Crippen LogP contribution < -0.4 is 5.32 Å². The van der Waals surface area contributed by atoms with E-state index in [1.807, 2.05) is 18.2 Å². The number of nitrogens with one attached hydrogen (secondary N) is 1. The molecule has 0 saturated heterocycles. The molecule has 1 atom stereocenters. The summed E-state index contributed by atoms with van der Waals surface area (Å²) >= 11 is 23.3. The number of hydrogen-bond acceptors (Lipinski definition) is 2. The highest BCUT2D eigenvalue weighted by molar-refractivity contribution is 9.10. The fraction of sp³-hybridized carbons (Fsp3) is 0.231. The first-order chi connectivity index (χ1) is 9.02. The van der Waals surface area contributed by atoms with Crippen LogP contribution >= 0.6 is 62.1 Å². The Bertz CT molecular complexity index is 566. The van der Waals surface area contributed by atoms with Gasteiger partial charge < -0.3 is 5.32 Å². The summed E-state index contributed by atoms with van der Waals surface area (Å²) in [5, 5.41) is 4.71. The Morgan fingerprint density at radius 2 is 2.00 bits per heavy atom. The van der Waals surface area contributed by atoms with Crippen molar-refractivity contribution in [1.82, 2.24) is 5.32 Å². The minimum absolute atomic E-state index is 0.0172. The van der Waals surface area contributed by atoms with E-state index in [1.165, 1.54) is 11.3 Å². The van der Waals surface area contributed by atoms with E-state index in [1.54, 1.807) is 6.07 Å². The van der Waals surface area contributed by atoms with Crippen LogP contribution in [0.2, 0.25) is 14.4 Å². The molecule has 0 aliphatic rings. The lowest BCUT2D eigenvalue weighted by Crippen LogP contribution is -2.21. The number of benzene rings is 1. The van der Waals surface area contributed by atoms with E-state index >= 15 is 0 Å². The molecule has 19 heavy (non-hydrogen) atoms. The van der Waals surface area contributed by atoms with Crippen LogP contribution in [0.15, 0.2) is 28.7 Å². The molecule has 0 radical (unpaired) electrons. The molecule has 1 aromatic heterocycles. The molecule has 1 unspecified atom stereocenters. The van der Waals surface area contributed by atoms with Crippen LogP contribution in [0, 0.1) is 0 Å². The Labute approximate surface area is 140 Å². The van der Waals surface area contributed by atoms with Gasteiger partial charge in [-0.25, -0.2) is 0 Å². The van der Waals surface area contributed by atoms with Crippen LogP contribution in [0.25, 0.3) is 0 Å². The molecule has 1 heterocycles. The summed E-state index contributed by atoms with van der Waals surface area (Å²) in [6.07, 6.45) is 0. The SMILES string of the molecule is CCNC(c1cc(Br)c(Cl)s1)c1ccc(Cl)cc1Cl. The molecule has 1 N–H and O–H groups in total. The van der Waals surface area contributed by atoms with E-state index in [9.17, 15) is 0 Å². The smallest absolute Gasteiger partial charge is 0.107 e. The lowest BCUT2D eigenvalue weighted by molar-refractivity contribution is 0.640. The van der Waals surface area contributed by atoms with Gasteiger partial charge in [0.15, 0.2) is 0 Å². The number of rotatable bonds is 4. The third kappa shape index (κ3) is 3.66. The van der Waals surface area contributed by atoms with Gasteiger partial charge >= 0.3 is 0 Å². The van der Waals surface area contributed by atoms with Crippen molar-refractivity contribution in [1.29, 1.82) is 0 Å². The fourth-order valence-electron chi connectivity index (χ4n) is 1.81. The maximum Gasteiger partial charge on any atom is 0.107 e. The predicted molar refractivity (Wildman–Crippen MR) is 89.0 cm³/mol. The van der Waals surface area contributed by atoms with Gasteiger partial charge in [-0.1, -0.05) is 47.8 Å². The molecule has 1 aromatic carbocycles. The summed E-state index contributed by atoms with van der Waals surface area (Å²) in [7, 11) is 0. The Hall–Kier alpha value is 0.230. The van der Waals surface area contributed by atoms with Crippen molar-refractivity contribution < 1.29 is 0 Å². The zero-order valence-corrected chi connectivity index (χ0v) is 14.7. The lowest BCUT2D eigenvalue weighted by atomic mass is 10.1. The Morgan fingerprint density at radius 1 is 1.26 bits per heavy atom. The van der Waals surface area contributed by atoms with E-state index in [-0.39, 0.29) is 6.04 Å². The maximum atomic E-state index is 6.29. The first kappa shape index (κ1) is 15.6. The molecule has 6 heteroatoms. The van der Waals surface area contributed by atoms with Crippen LogP contribution in [0.3, 0.4) is 0 Å². The summed E-state index contributed by atoms with van der Waals surface area (Å²) in [5.74, 6) is 0. The highest BCUT2D eigenvalue weighted by Crippen LogP contribution is 2.39. The molecule has 0 aliphatic heterocycles. The largest absolute Gasteiger partial charge is 0.306 e. The van der Waals surface area contributed by atoms with Crippen molar-refractivity contribution in [3.05, 3.63) is 53.6 Å². The van der Waals surface area contributed by atoms with Crippen LogP contribution in [0.1, 0.15) is 23.4 Å². The number of thiophene rings is 1. The van der Waals surface area contributed by atoms with Gasteiger partial charge in [-0.05, 0) is 46.2 Å². The quantitative estimate of drug-likeness (QED) is 0.648. The van der Waals surface area contributed by atoms with E-state index in [4.69, 9.17) is 34.8 Å². The topological polar surface area (TPSA) is 12.0 Å². The summed E-state index contributed by atoms with van der Waals surface area (Å²) in [6, 6.07) is 7.58. The Morgan fingerprint density at radius 3 is 2.53 bits per heavy atom. The first-order valence-corrected chi connectivity index (χ1v) is 8.40. The highest BCUT2D eigenvalue weighted by Gasteiger charge is 2.19. The average molecular weight is 400 g/mol. The van der Waals surface area contributed by atoms with Crippen molar-refractivity contribution >= 4 is 62.1 Å². The van der Waals surface area contributed by atoms with Crippen molar-refractivity contribution in [2.45, 2.75) is 13.0 Å². The van der Waals surface area contributed by atoms with E-state index < -0.39 is 0 Å². The van der Waals surface area contributed by atoms with Crippen LogP contribution in [0.4, 0.5) is 0 Å². The molecular weight excluding hydrogens is 388 g/mol. The van der Waals surface area contributed by atoms with E-state index in [0.29, 0.717) is 10.0 Å². The van der Waals surface area contributed by atoms with E-state index in [0.717, 1.165) is 25.8 Å². The third-order valence-electron chi connectivity index (χ3n) is 2.63. The predicted octanol–water partition coefficient (Wildman–Crippen LogP) is 6.17. The minimum Gasteiger partial charge on any atom is -0.306 e. The second kappa shape index (κ2) is 6.79. The highest BCUT2D eigenvalue weighted by atomic mass is 79.9.